The number of carbonyl (C=O) groups excluding carboxylic acids is 2. The number of benzene rings is 1. The van der Waals surface area contributed by atoms with E-state index in [1.165, 1.54) is 23.9 Å². The number of alkyl halides is 1. The highest BCUT2D eigenvalue weighted by atomic mass is 32.2. The minimum absolute atomic E-state index is 0.122. The normalized spacial score (nSPS) is 39.2. The number of methoxy groups -OCH3 is 2. The van der Waals surface area contributed by atoms with E-state index >= 15 is 0 Å². The lowest BCUT2D eigenvalue weighted by Gasteiger charge is -2.50. The molecule has 0 aliphatic carbocycles. The topological polar surface area (TPSA) is 232 Å². The molecule has 22 heteroatoms. The molecule has 1 aromatic carbocycles. The van der Waals surface area contributed by atoms with E-state index in [4.69, 9.17) is 42.9 Å². The van der Waals surface area contributed by atoms with Crippen molar-refractivity contribution < 1.29 is 70.5 Å². The van der Waals surface area contributed by atoms with Crippen LogP contribution in [0.5, 0.6) is 0 Å². The van der Waals surface area contributed by atoms with E-state index in [9.17, 15) is 32.6 Å². The second kappa shape index (κ2) is 23.9. The van der Waals surface area contributed by atoms with Gasteiger partial charge in [-0.05, 0) is 97.9 Å². The SMILES string of the molecule is CC[C@H]1OC(=O)[C@H](C)[C@@H](O[C@H]2C[C@@](C)(OC)[C@@H](O)[C@H](C)O2)[C@H](C)[C@@H](O[C@@H]2O[C@H](C)C[C@H](N(C)CCc3cn([C@H](CF)Cc4ccc(S(C)(=O)=O)cc4)nn3)[C@H]2O)[C@](C)(OC)C[C@@H](C)C2=NCCN3C(=O)O[C@@]1(C)[C@H]3[C@H]2C. The summed E-state index contributed by atoms with van der Waals surface area (Å²) in [6.07, 6.45) is -3.83. The molecule has 7 rings (SSSR count). The average Bonchev–Trinajstić information content (AvgIpc) is 3.90. The Morgan fingerprint density at radius 2 is 1.64 bits per heavy atom. The summed E-state index contributed by atoms with van der Waals surface area (Å²) in [7, 11) is 1.66. The molecule has 2 N–H and O–H groups in total. The number of sulfone groups is 1. The monoisotopic (exact) mass is 1090 g/mol. The molecule has 0 unspecified atom stereocenters. The second-order valence-corrected chi connectivity index (χ2v) is 25.0. The number of esters is 1. The summed E-state index contributed by atoms with van der Waals surface area (Å²) in [5.41, 5.74) is -1.22. The number of cyclic esters (lactones) is 1. The number of amides is 1. The van der Waals surface area contributed by atoms with Crippen molar-refractivity contribution in [3.8, 4) is 0 Å². The lowest BCUT2D eigenvalue weighted by molar-refractivity contribution is -0.319. The highest BCUT2D eigenvalue weighted by molar-refractivity contribution is 7.90. The van der Waals surface area contributed by atoms with Gasteiger partial charge in [-0.1, -0.05) is 45.0 Å². The van der Waals surface area contributed by atoms with Crippen molar-refractivity contribution in [2.45, 2.75) is 203 Å². The minimum Gasteiger partial charge on any atom is -0.458 e. The Morgan fingerprint density at radius 1 is 0.961 bits per heavy atom. The molecule has 4 saturated heterocycles. The standard InChI is InChI=1S/C54H85FN6O14S/c1-15-41-54(10)46-32(4)43(56-21-23-60(46)51(65)75-54)30(2)26-53(9,69-13)48(33(5)45(34(6)49(64)72-41)73-42-27-52(8,68-12)47(63)35(7)71-42)74-50-44(62)40(24-31(3)70-50)59(11)22-20-37-29-61(58-57-37)38(28-55)25-36-16-18-39(19-17-36)76(14,66)67/h16-19,29-35,38,40-42,44-48,50,62-63H,15,20-28H2,1-14H3/t30-,31-,32+,33+,34-,35+,38+,40+,41-,42+,44-,45+,46-,47+,48-,50+,52-,53-,54-/m1/s1. The maximum Gasteiger partial charge on any atom is 0.410 e. The number of aliphatic imine (C=N–C) groups is 1. The Morgan fingerprint density at radius 3 is 2.28 bits per heavy atom. The van der Waals surface area contributed by atoms with Crippen molar-refractivity contribution in [2.24, 2.45) is 28.7 Å². The quantitative estimate of drug-likeness (QED) is 0.207. The Kier molecular flexibility index (Phi) is 18.9. The predicted molar refractivity (Wildman–Crippen MR) is 278 cm³/mol. The van der Waals surface area contributed by atoms with Crippen molar-refractivity contribution >= 4 is 27.6 Å². The molecule has 1 amide bonds. The molecule has 20 nitrogen and oxygen atoms in total. The number of aliphatic hydroxyl groups excluding tert-OH is 2. The fourth-order valence-corrected chi connectivity index (χ4v) is 13.4. The van der Waals surface area contributed by atoms with Gasteiger partial charge in [0.1, 0.15) is 25.0 Å². The number of halogens is 1. The third kappa shape index (κ3) is 12.4. The average molecular weight is 1090 g/mol. The zero-order valence-electron chi connectivity index (χ0n) is 47.0. The van der Waals surface area contributed by atoms with Gasteiger partial charge in [-0.15, -0.1) is 5.10 Å². The van der Waals surface area contributed by atoms with Crippen LogP contribution in [-0.4, -0.2) is 199 Å². The summed E-state index contributed by atoms with van der Waals surface area (Å²) in [4.78, 5) is 37.7. The number of aromatic nitrogens is 3. The molecule has 0 spiro atoms. The number of fused-ring (bicyclic) bond motifs is 1. The van der Waals surface area contributed by atoms with Crippen LogP contribution in [0.4, 0.5) is 9.18 Å². The Balaban J connectivity index is 1.18. The van der Waals surface area contributed by atoms with Crippen LogP contribution in [0.3, 0.4) is 0 Å². The molecule has 6 heterocycles. The molecule has 5 aliphatic heterocycles. The third-order valence-electron chi connectivity index (χ3n) is 17.4. The Hall–Kier alpha value is -3.71. The number of hydrogen-bond donors (Lipinski definition) is 2. The number of hydrogen-bond acceptors (Lipinski definition) is 18. The summed E-state index contributed by atoms with van der Waals surface area (Å²) in [6.45, 7) is 19.3. The van der Waals surface area contributed by atoms with Gasteiger partial charge in [0.25, 0.3) is 0 Å². The van der Waals surface area contributed by atoms with Crippen molar-refractivity contribution in [1.29, 1.82) is 0 Å². The van der Waals surface area contributed by atoms with Crippen molar-refractivity contribution in [2.75, 3.05) is 53.8 Å². The molecule has 19 atom stereocenters. The summed E-state index contributed by atoms with van der Waals surface area (Å²) in [5, 5.41) is 32.3. The van der Waals surface area contributed by atoms with Gasteiger partial charge in [0.2, 0.25) is 0 Å². The Labute approximate surface area is 448 Å². The molecular formula is C54H85FN6O14S. The zero-order valence-corrected chi connectivity index (χ0v) is 47.8. The first-order valence-electron chi connectivity index (χ1n) is 27.0. The second-order valence-electron chi connectivity index (χ2n) is 22.9. The minimum atomic E-state index is -3.37. The molecule has 428 valence electrons. The molecular weight excluding hydrogens is 1010 g/mol. The van der Waals surface area contributed by atoms with Crippen LogP contribution in [0.15, 0.2) is 40.4 Å². The molecule has 76 heavy (non-hydrogen) atoms. The van der Waals surface area contributed by atoms with Gasteiger partial charge in [-0.2, -0.15) is 0 Å². The number of nitrogens with zero attached hydrogens (tertiary/aromatic N) is 6. The first-order chi connectivity index (χ1) is 35.7. The molecule has 2 bridgehead atoms. The third-order valence-corrected chi connectivity index (χ3v) is 18.5. The lowest BCUT2D eigenvalue weighted by atomic mass is 9.72. The van der Waals surface area contributed by atoms with Crippen LogP contribution in [0, 0.1) is 23.7 Å². The maximum absolute atomic E-state index is 14.9. The summed E-state index contributed by atoms with van der Waals surface area (Å²) in [5.74, 6) is -2.85. The zero-order chi connectivity index (χ0) is 55.8. The van der Waals surface area contributed by atoms with Crippen LogP contribution < -0.4 is 0 Å². The summed E-state index contributed by atoms with van der Waals surface area (Å²) >= 11 is 0. The van der Waals surface area contributed by atoms with Crippen LogP contribution in [0.1, 0.15) is 112 Å². The van der Waals surface area contributed by atoms with Crippen molar-refractivity contribution in [3.05, 3.63) is 41.7 Å². The van der Waals surface area contributed by atoms with Gasteiger partial charge in [0.05, 0.1) is 70.8 Å². The van der Waals surface area contributed by atoms with E-state index in [0.29, 0.717) is 51.0 Å². The Bertz CT molecular complexity index is 2450. The first kappa shape index (κ1) is 59.9. The van der Waals surface area contributed by atoms with Crippen LogP contribution in [0.25, 0.3) is 0 Å². The highest BCUT2D eigenvalue weighted by Crippen LogP contribution is 2.45. The number of ether oxygens (including phenoxy) is 8. The molecule has 5 aliphatic rings. The number of rotatable bonds is 16. The van der Waals surface area contributed by atoms with E-state index in [0.717, 1.165) is 17.5 Å². The van der Waals surface area contributed by atoms with E-state index < -0.39 is 125 Å². The van der Waals surface area contributed by atoms with Gasteiger partial charge in [0.15, 0.2) is 28.0 Å². The maximum atomic E-state index is 14.9. The van der Waals surface area contributed by atoms with E-state index in [-0.39, 0.29) is 35.7 Å². The highest BCUT2D eigenvalue weighted by Gasteiger charge is 2.61. The van der Waals surface area contributed by atoms with E-state index in [1.54, 1.807) is 51.1 Å². The van der Waals surface area contributed by atoms with Gasteiger partial charge >= 0.3 is 12.1 Å². The molecule has 4 fully saturated rings. The van der Waals surface area contributed by atoms with Crippen LogP contribution in [-0.2, 0) is 65.4 Å². The van der Waals surface area contributed by atoms with E-state index in [1.807, 2.05) is 53.5 Å². The number of carbonyl (C=O) groups is 2. The van der Waals surface area contributed by atoms with Gasteiger partial charge in [0, 0.05) is 76.2 Å². The molecule has 0 saturated carbocycles. The van der Waals surface area contributed by atoms with Gasteiger partial charge < -0.3 is 53.0 Å². The fraction of sp³-hybridized carbons (Fsp3) is 0.796. The molecule has 1 aromatic heterocycles. The largest absolute Gasteiger partial charge is 0.458 e. The summed E-state index contributed by atoms with van der Waals surface area (Å²) < 4.78 is 92.2. The molecule has 0 radical (unpaired) electrons. The van der Waals surface area contributed by atoms with Crippen LogP contribution in [0.2, 0.25) is 0 Å². The smallest absolute Gasteiger partial charge is 0.410 e. The first-order valence-corrected chi connectivity index (χ1v) is 28.9. The lowest BCUT2D eigenvalue weighted by Crippen LogP contribution is -2.62. The fourth-order valence-electron chi connectivity index (χ4n) is 12.8. The van der Waals surface area contributed by atoms with Crippen molar-refractivity contribution in [1.82, 2.24) is 24.8 Å². The van der Waals surface area contributed by atoms with E-state index in [2.05, 4.69) is 17.2 Å². The predicted octanol–water partition coefficient (Wildman–Crippen LogP) is 5.15. The van der Waals surface area contributed by atoms with Crippen LogP contribution >= 0.6 is 0 Å². The number of likely N-dealkylation sites (N-methyl/N-ethyl adjacent to an activating group) is 1. The van der Waals surface area contributed by atoms with Crippen molar-refractivity contribution in [3.63, 3.8) is 0 Å². The number of aliphatic hydroxyl groups is 2. The molecule has 2 aromatic rings. The van der Waals surface area contributed by atoms with Gasteiger partial charge in [-0.3, -0.25) is 14.7 Å². The van der Waals surface area contributed by atoms with Gasteiger partial charge in [-0.25, -0.2) is 22.3 Å². The summed E-state index contributed by atoms with van der Waals surface area (Å²) in [6, 6.07) is 4.74.